The number of rotatable bonds is 6. The summed E-state index contributed by atoms with van der Waals surface area (Å²) in [6.07, 6.45) is 0.753. The molecular weight excluding hydrogens is 340 g/mol. The third-order valence-electron chi connectivity index (χ3n) is 4.92. The number of nitrogens with zero attached hydrogens (tertiary/aromatic N) is 2. The van der Waals surface area contributed by atoms with Crippen molar-refractivity contribution in [2.75, 3.05) is 32.8 Å². The Hall–Kier alpha value is -2.82. The average Bonchev–Trinajstić information content (AvgIpc) is 2.86. The van der Waals surface area contributed by atoms with Crippen molar-refractivity contribution in [1.82, 2.24) is 9.80 Å². The lowest BCUT2D eigenvalue weighted by Gasteiger charge is -2.22. The van der Waals surface area contributed by atoms with Crippen LogP contribution in [0.25, 0.3) is 0 Å². The maximum Gasteiger partial charge on any atom is 0.227 e. The van der Waals surface area contributed by atoms with E-state index in [9.17, 15) is 9.59 Å². The molecule has 2 aromatic rings. The predicted molar refractivity (Wildman–Crippen MR) is 105 cm³/mol. The lowest BCUT2D eigenvalue weighted by atomic mass is 10.1. The van der Waals surface area contributed by atoms with Gasteiger partial charge in [0, 0.05) is 26.1 Å². The summed E-state index contributed by atoms with van der Waals surface area (Å²) >= 11 is 0. The molecule has 1 aliphatic heterocycles. The summed E-state index contributed by atoms with van der Waals surface area (Å²) in [6, 6.07) is 17.5. The minimum absolute atomic E-state index is 0.0813. The molecule has 3 rings (SSSR count). The highest BCUT2D eigenvalue weighted by molar-refractivity contribution is 5.81. The van der Waals surface area contributed by atoms with Gasteiger partial charge in [0.1, 0.15) is 12.4 Å². The Labute approximate surface area is 160 Å². The summed E-state index contributed by atoms with van der Waals surface area (Å²) in [5, 5.41) is 0. The number of ether oxygens (including phenoxy) is 1. The molecule has 2 aromatic carbocycles. The number of hydrogen-bond donors (Lipinski definition) is 0. The largest absolute Gasteiger partial charge is 0.492 e. The Morgan fingerprint density at radius 3 is 2.52 bits per heavy atom. The SMILES string of the molecule is Cc1ccccc1CC(=O)N1CCC(=O)N(CCOc2ccccc2)CC1. The van der Waals surface area contributed by atoms with Crippen molar-refractivity contribution in [3.63, 3.8) is 0 Å². The quantitative estimate of drug-likeness (QED) is 0.790. The molecule has 0 aromatic heterocycles. The summed E-state index contributed by atoms with van der Waals surface area (Å²) in [6.45, 7) is 4.61. The van der Waals surface area contributed by atoms with Crippen molar-refractivity contribution in [3.8, 4) is 5.75 Å². The molecule has 5 heteroatoms. The zero-order chi connectivity index (χ0) is 19.1. The monoisotopic (exact) mass is 366 g/mol. The molecule has 0 spiro atoms. The van der Waals surface area contributed by atoms with E-state index < -0.39 is 0 Å². The Balaban J connectivity index is 1.50. The predicted octanol–water partition coefficient (Wildman–Crippen LogP) is 2.68. The molecule has 0 aliphatic carbocycles. The molecule has 0 atom stereocenters. The molecule has 27 heavy (non-hydrogen) atoms. The van der Waals surface area contributed by atoms with E-state index in [0.29, 0.717) is 45.6 Å². The number of hydrogen-bond acceptors (Lipinski definition) is 3. The Morgan fingerprint density at radius 2 is 1.74 bits per heavy atom. The summed E-state index contributed by atoms with van der Waals surface area (Å²) in [5.41, 5.74) is 2.17. The van der Waals surface area contributed by atoms with Gasteiger partial charge in [-0.15, -0.1) is 0 Å². The van der Waals surface area contributed by atoms with Gasteiger partial charge < -0.3 is 14.5 Å². The van der Waals surface area contributed by atoms with Crippen LogP contribution in [0, 0.1) is 6.92 Å². The highest BCUT2D eigenvalue weighted by Crippen LogP contribution is 2.12. The minimum Gasteiger partial charge on any atom is -0.492 e. The first-order valence-corrected chi connectivity index (χ1v) is 9.41. The first-order chi connectivity index (χ1) is 13.1. The fourth-order valence-electron chi connectivity index (χ4n) is 3.23. The van der Waals surface area contributed by atoms with E-state index in [1.165, 1.54) is 0 Å². The van der Waals surface area contributed by atoms with Crippen LogP contribution in [-0.2, 0) is 16.0 Å². The molecule has 0 N–H and O–H groups in total. The zero-order valence-electron chi connectivity index (χ0n) is 15.8. The minimum atomic E-state index is 0.0813. The topological polar surface area (TPSA) is 49.9 Å². The number of carbonyl (C=O) groups excluding carboxylic acids is 2. The van der Waals surface area contributed by atoms with Gasteiger partial charge in [-0.2, -0.15) is 0 Å². The third-order valence-corrected chi connectivity index (χ3v) is 4.92. The molecule has 142 valence electrons. The van der Waals surface area contributed by atoms with Gasteiger partial charge >= 0.3 is 0 Å². The van der Waals surface area contributed by atoms with Gasteiger partial charge in [-0.05, 0) is 30.2 Å². The van der Waals surface area contributed by atoms with E-state index in [0.717, 1.165) is 16.9 Å². The lowest BCUT2D eigenvalue weighted by molar-refractivity contribution is -0.130. The second-order valence-electron chi connectivity index (χ2n) is 6.78. The van der Waals surface area contributed by atoms with E-state index in [1.807, 2.05) is 66.4 Å². The molecule has 2 amide bonds. The number of benzene rings is 2. The molecule has 0 radical (unpaired) electrons. The summed E-state index contributed by atoms with van der Waals surface area (Å²) < 4.78 is 5.69. The summed E-state index contributed by atoms with van der Waals surface area (Å²) in [4.78, 5) is 28.6. The van der Waals surface area contributed by atoms with Crippen LogP contribution in [0.15, 0.2) is 54.6 Å². The number of carbonyl (C=O) groups is 2. The molecule has 5 nitrogen and oxygen atoms in total. The molecular formula is C22H26N2O3. The van der Waals surface area contributed by atoms with E-state index >= 15 is 0 Å². The van der Waals surface area contributed by atoms with Crippen LogP contribution in [0.2, 0.25) is 0 Å². The second kappa shape index (κ2) is 9.21. The molecule has 1 aliphatic rings. The summed E-state index contributed by atoms with van der Waals surface area (Å²) in [5.74, 6) is 0.965. The van der Waals surface area contributed by atoms with Crippen LogP contribution in [0.4, 0.5) is 0 Å². The van der Waals surface area contributed by atoms with Gasteiger partial charge in [0.25, 0.3) is 0 Å². The standard InChI is InChI=1S/C22H26N2O3/c1-18-7-5-6-8-19(18)17-22(26)23-12-11-21(25)24(14-13-23)15-16-27-20-9-3-2-4-10-20/h2-10H,11-17H2,1H3. The van der Waals surface area contributed by atoms with Crippen LogP contribution in [-0.4, -0.2) is 54.4 Å². The van der Waals surface area contributed by atoms with Crippen LogP contribution >= 0.6 is 0 Å². The van der Waals surface area contributed by atoms with Crippen molar-refractivity contribution < 1.29 is 14.3 Å². The molecule has 1 fully saturated rings. The molecule has 1 saturated heterocycles. The highest BCUT2D eigenvalue weighted by atomic mass is 16.5. The zero-order valence-corrected chi connectivity index (χ0v) is 15.8. The average molecular weight is 366 g/mol. The van der Waals surface area contributed by atoms with Gasteiger partial charge in [-0.3, -0.25) is 9.59 Å². The van der Waals surface area contributed by atoms with Gasteiger partial charge in [-0.1, -0.05) is 42.5 Å². The number of para-hydroxylation sites is 1. The van der Waals surface area contributed by atoms with E-state index in [1.54, 1.807) is 4.90 Å². The van der Waals surface area contributed by atoms with E-state index in [-0.39, 0.29) is 11.8 Å². The van der Waals surface area contributed by atoms with Gasteiger partial charge in [-0.25, -0.2) is 0 Å². The molecule has 0 saturated carbocycles. The van der Waals surface area contributed by atoms with Gasteiger partial charge in [0.15, 0.2) is 0 Å². The number of amides is 2. The maximum absolute atomic E-state index is 12.7. The fourth-order valence-corrected chi connectivity index (χ4v) is 3.23. The Morgan fingerprint density at radius 1 is 1.00 bits per heavy atom. The third kappa shape index (κ3) is 5.33. The van der Waals surface area contributed by atoms with Crippen LogP contribution in [0.5, 0.6) is 5.75 Å². The van der Waals surface area contributed by atoms with Crippen LogP contribution in [0.3, 0.4) is 0 Å². The van der Waals surface area contributed by atoms with Crippen molar-refractivity contribution in [1.29, 1.82) is 0 Å². The van der Waals surface area contributed by atoms with E-state index in [2.05, 4.69) is 0 Å². The second-order valence-corrected chi connectivity index (χ2v) is 6.78. The van der Waals surface area contributed by atoms with Crippen LogP contribution in [0.1, 0.15) is 17.5 Å². The van der Waals surface area contributed by atoms with Crippen molar-refractivity contribution in [2.45, 2.75) is 19.8 Å². The Bertz CT molecular complexity index is 776. The normalized spacial score (nSPS) is 14.8. The van der Waals surface area contributed by atoms with Crippen molar-refractivity contribution in [2.24, 2.45) is 0 Å². The molecule has 1 heterocycles. The van der Waals surface area contributed by atoms with Crippen LogP contribution < -0.4 is 4.74 Å². The first-order valence-electron chi connectivity index (χ1n) is 9.41. The lowest BCUT2D eigenvalue weighted by Crippen LogP contribution is -2.38. The number of aryl methyl sites for hydroxylation is 1. The smallest absolute Gasteiger partial charge is 0.227 e. The molecule has 0 bridgehead atoms. The van der Waals surface area contributed by atoms with E-state index in [4.69, 9.17) is 4.74 Å². The fraction of sp³-hybridized carbons (Fsp3) is 0.364. The maximum atomic E-state index is 12.7. The Kier molecular flexibility index (Phi) is 6.47. The van der Waals surface area contributed by atoms with Crippen molar-refractivity contribution in [3.05, 3.63) is 65.7 Å². The van der Waals surface area contributed by atoms with Crippen molar-refractivity contribution >= 4 is 11.8 Å². The highest BCUT2D eigenvalue weighted by Gasteiger charge is 2.23. The van der Waals surface area contributed by atoms with Gasteiger partial charge in [0.05, 0.1) is 13.0 Å². The summed E-state index contributed by atoms with van der Waals surface area (Å²) in [7, 11) is 0. The van der Waals surface area contributed by atoms with Gasteiger partial charge in [0.2, 0.25) is 11.8 Å². The first kappa shape index (κ1) is 19.0. The molecule has 0 unspecified atom stereocenters.